The van der Waals surface area contributed by atoms with Crippen LogP contribution >= 0.6 is 11.6 Å². The van der Waals surface area contributed by atoms with E-state index in [1.54, 1.807) is 48.5 Å². The van der Waals surface area contributed by atoms with Crippen LogP contribution in [0.5, 0.6) is 23.0 Å². The second kappa shape index (κ2) is 7.14. The van der Waals surface area contributed by atoms with Gasteiger partial charge in [0.15, 0.2) is 11.5 Å². The second-order valence-corrected chi connectivity index (χ2v) is 7.97. The zero-order valence-electron chi connectivity index (χ0n) is 14.4. The van der Waals surface area contributed by atoms with Crippen LogP contribution in [0, 0.1) is 0 Å². The van der Waals surface area contributed by atoms with E-state index < -0.39 is 10.0 Å². The summed E-state index contributed by atoms with van der Waals surface area (Å²) in [7, 11) is -3.94. The maximum Gasteiger partial charge on any atom is 0.265 e. The number of hydrogen-bond acceptors (Lipinski definition) is 6. The molecule has 0 unspecified atom stereocenters. The van der Waals surface area contributed by atoms with E-state index in [0.29, 0.717) is 28.6 Å². The van der Waals surface area contributed by atoms with Gasteiger partial charge in [-0.25, -0.2) is 8.42 Å². The number of hydrogen-bond donors (Lipinski definition) is 2. The van der Waals surface area contributed by atoms with Crippen LogP contribution in [-0.4, -0.2) is 15.2 Å². The summed E-state index contributed by atoms with van der Waals surface area (Å²) in [5.74, 6) is 1.45. The van der Waals surface area contributed by atoms with Gasteiger partial charge in [-0.2, -0.15) is 0 Å². The van der Waals surface area contributed by atoms with E-state index in [0.717, 1.165) is 0 Å². The summed E-state index contributed by atoms with van der Waals surface area (Å²) < 4.78 is 44.6. The van der Waals surface area contributed by atoms with Crippen molar-refractivity contribution in [2.75, 3.05) is 17.2 Å². The van der Waals surface area contributed by atoms with Crippen LogP contribution in [-0.2, 0) is 10.0 Å². The molecule has 28 heavy (non-hydrogen) atoms. The number of anilines is 2. The molecule has 0 aliphatic carbocycles. The van der Waals surface area contributed by atoms with E-state index >= 15 is 0 Å². The number of nitrogen functional groups attached to an aromatic ring is 1. The molecule has 4 rings (SSSR count). The Balaban J connectivity index is 1.65. The molecule has 0 fully saturated rings. The smallest absolute Gasteiger partial charge is 0.265 e. The zero-order valence-corrected chi connectivity index (χ0v) is 16.0. The molecule has 0 radical (unpaired) electrons. The van der Waals surface area contributed by atoms with E-state index in [9.17, 15) is 8.42 Å². The minimum Gasteiger partial charge on any atom is -0.454 e. The maximum absolute atomic E-state index is 12.9. The van der Waals surface area contributed by atoms with Crippen molar-refractivity contribution in [3.05, 3.63) is 65.7 Å². The number of fused-ring (bicyclic) bond motifs is 1. The van der Waals surface area contributed by atoms with Crippen molar-refractivity contribution in [2.45, 2.75) is 4.90 Å². The molecule has 0 atom stereocenters. The standard InChI is InChI=1S/C19H15ClN2O5S/c20-14-9-12(21)5-7-15(14)27-17-3-1-2-4-19(17)28(23,24)22-13-6-8-16-18(10-13)26-11-25-16/h1-10,22H,11,21H2. The lowest BCUT2D eigenvalue weighted by Crippen LogP contribution is -2.14. The van der Waals surface area contributed by atoms with Gasteiger partial charge in [0, 0.05) is 11.8 Å². The summed E-state index contributed by atoms with van der Waals surface area (Å²) in [4.78, 5) is -0.0411. The maximum atomic E-state index is 12.9. The summed E-state index contributed by atoms with van der Waals surface area (Å²) in [5.41, 5.74) is 6.49. The normalized spacial score (nSPS) is 12.6. The predicted octanol–water partition coefficient (Wildman–Crippen LogP) is 4.24. The van der Waals surface area contributed by atoms with Gasteiger partial charge in [-0.1, -0.05) is 23.7 Å². The van der Waals surface area contributed by atoms with Crippen LogP contribution in [0.25, 0.3) is 0 Å². The molecule has 0 aromatic heterocycles. The number of nitrogens with two attached hydrogens (primary N) is 1. The van der Waals surface area contributed by atoms with Crippen LogP contribution in [0.15, 0.2) is 65.6 Å². The molecular weight excluding hydrogens is 404 g/mol. The number of nitrogens with one attached hydrogen (secondary N) is 1. The highest BCUT2D eigenvalue weighted by Crippen LogP contribution is 2.37. The van der Waals surface area contributed by atoms with E-state index in [4.69, 9.17) is 31.5 Å². The minimum atomic E-state index is -3.94. The molecule has 0 amide bonds. The third kappa shape index (κ3) is 3.64. The first kappa shape index (κ1) is 18.3. The Morgan fingerprint density at radius 3 is 2.57 bits per heavy atom. The highest BCUT2D eigenvalue weighted by molar-refractivity contribution is 7.92. The molecule has 3 N–H and O–H groups in total. The Bertz CT molecular complexity index is 1150. The Hall–Kier alpha value is -3.10. The predicted molar refractivity (Wildman–Crippen MR) is 106 cm³/mol. The number of ether oxygens (including phenoxy) is 3. The number of rotatable bonds is 5. The van der Waals surface area contributed by atoms with Crippen LogP contribution in [0.1, 0.15) is 0 Å². The van der Waals surface area contributed by atoms with Gasteiger partial charge >= 0.3 is 0 Å². The van der Waals surface area contributed by atoms with Gasteiger partial charge in [0.05, 0.1) is 10.7 Å². The summed E-state index contributed by atoms with van der Waals surface area (Å²) >= 11 is 6.13. The van der Waals surface area contributed by atoms with Crippen molar-refractivity contribution in [1.29, 1.82) is 0 Å². The molecule has 3 aromatic rings. The third-order valence-electron chi connectivity index (χ3n) is 3.94. The van der Waals surface area contributed by atoms with E-state index in [1.807, 2.05) is 0 Å². The van der Waals surface area contributed by atoms with Crippen molar-refractivity contribution >= 4 is 33.0 Å². The van der Waals surface area contributed by atoms with E-state index in [1.165, 1.54) is 12.1 Å². The van der Waals surface area contributed by atoms with E-state index in [-0.39, 0.29) is 22.5 Å². The number of halogens is 1. The first-order valence-electron chi connectivity index (χ1n) is 8.17. The monoisotopic (exact) mass is 418 g/mol. The molecule has 0 spiro atoms. The van der Waals surface area contributed by atoms with Crippen molar-refractivity contribution in [2.24, 2.45) is 0 Å². The van der Waals surface area contributed by atoms with Gasteiger partial charge < -0.3 is 19.9 Å². The lowest BCUT2D eigenvalue weighted by atomic mass is 10.3. The second-order valence-electron chi connectivity index (χ2n) is 5.91. The molecule has 0 bridgehead atoms. The van der Waals surface area contributed by atoms with Crippen LogP contribution in [0.4, 0.5) is 11.4 Å². The van der Waals surface area contributed by atoms with Crippen molar-refractivity contribution in [3.63, 3.8) is 0 Å². The van der Waals surface area contributed by atoms with Gasteiger partial charge in [-0.05, 0) is 42.5 Å². The fourth-order valence-corrected chi connectivity index (χ4v) is 4.05. The number of para-hydroxylation sites is 1. The zero-order chi connectivity index (χ0) is 19.7. The molecule has 1 heterocycles. The Morgan fingerprint density at radius 1 is 0.964 bits per heavy atom. The SMILES string of the molecule is Nc1ccc(Oc2ccccc2S(=O)(=O)Nc2ccc3c(c2)OCO3)c(Cl)c1. The Kier molecular flexibility index (Phi) is 4.66. The third-order valence-corrected chi connectivity index (χ3v) is 5.66. The molecule has 0 saturated heterocycles. The molecule has 1 aliphatic rings. The van der Waals surface area contributed by atoms with Crippen LogP contribution in [0.2, 0.25) is 5.02 Å². The van der Waals surface area contributed by atoms with Gasteiger partial charge in [-0.3, -0.25) is 4.72 Å². The number of benzene rings is 3. The fourth-order valence-electron chi connectivity index (χ4n) is 2.64. The first-order valence-corrected chi connectivity index (χ1v) is 10.0. The number of sulfonamides is 1. The Morgan fingerprint density at radius 2 is 1.75 bits per heavy atom. The largest absolute Gasteiger partial charge is 0.454 e. The van der Waals surface area contributed by atoms with Crippen LogP contribution < -0.4 is 24.7 Å². The average Bonchev–Trinajstić information content (AvgIpc) is 3.12. The lowest BCUT2D eigenvalue weighted by Gasteiger charge is -2.14. The van der Waals surface area contributed by atoms with Crippen molar-refractivity contribution in [3.8, 4) is 23.0 Å². The quantitative estimate of drug-likeness (QED) is 0.601. The van der Waals surface area contributed by atoms with Crippen molar-refractivity contribution in [1.82, 2.24) is 0 Å². The van der Waals surface area contributed by atoms with Crippen LogP contribution in [0.3, 0.4) is 0 Å². The molecule has 1 aliphatic heterocycles. The molecule has 9 heteroatoms. The molecule has 0 saturated carbocycles. The minimum absolute atomic E-state index is 0.0411. The van der Waals surface area contributed by atoms with E-state index in [2.05, 4.69) is 4.72 Å². The highest BCUT2D eigenvalue weighted by atomic mass is 35.5. The molecule has 144 valence electrons. The van der Waals surface area contributed by atoms with Gasteiger partial charge in [-0.15, -0.1) is 0 Å². The molecule has 7 nitrogen and oxygen atoms in total. The van der Waals surface area contributed by atoms with Gasteiger partial charge in [0.25, 0.3) is 10.0 Å². The molecular formula is C19H15ClN2O5S. The first-order chi connectivity index (χ1) is 13.4. The topological polar surface area (TPSA) is 99.9 Å². The summed E-state index contributed by atoms with van der Waals surface area (Å²) in [6, 6.07) is 15.7. The fraction of sp³-hybridized carbons (Fsp3) is 0.0526. The summed E-state index contributed by atoms with van der Waals surface area (Å²) in [6.07, 6.45) is 0. The van der Waals surface area contributed by atoms with Gasteiger partial charge in [0.2, 0.25) is 6.79 Å². The molecule has 3 aromatic carbocycles. The van der Waals surface area contributed by atoms with Gasteiger partial charge in [0.1, 0.15) is 16.4 Å². The summed E-state index contributed by atoms with van der Waals surface area (Å²) in [6.45, 7) is 0.102. The Labute approximate surface area is 166 Å². The lowest BCUT2D eigenvalue weighted by molar-refractivity contribution is 0.174. The summed E-state index contributed by atoms with van der Waals surface area (Å²) in [5, 5.41) is 0.274. The van der Waals surface area contributed by atoms with Crippen molar-refractivity contribution < 1.29 is 22.6 Å². The average molecular weight is 419 g/mol. The highest BCUT2D eigenvalue weighted by Gasteiger charge is 2.22.